The zero-order valence-electron chi connectivity index (χ0n) is 14.8. The van der Waals surface area contributed by atoms with Crippen LogP contribution >= 0.6 is 0 Å². The van der Waals surface area contributed by atoms with Crippen LogP contribution in [-0.4, -0.2) is 72.7 Å². The third-order valence-corrected chi connectivity index (χ3v) is 3.30. The van der Waals surface area contributed by atoms with Crippen molar-refractivity contribution in [1.82, 2.24) is 25.0 Å². The Morgan fingerprint density at radius 1 is 1.30 bits per heavy atom. The van der Waals surface area contributed by atoms with Gasteiger partial charge >= 0.3 is 0 Å². The lowest BCUT2D eigenvalue weighted by molar-refractivity contribution is 0.0486. The summed E-state index contributed by atoms with van der Waals surface area (Å²) in [5.74, 6) is 1.69. The Bertz CT molecular complexity index is 449. The lowest BCUT2D eigenvalue weighted by Crippen LogP contribution is -2.40. The van der Waals surface area contributed by atoms with Gasteiger partial charge in [-0.2, -0.15) is 5.10 Å². The number of aromatic nitrogens is 3. The van der Waals surface area contributed by atoms with Crippen molar-refractivity contribution in [2.75, 3.05) is 47.1 Å². The van der Waals surface area contributed by atoms with E-state index in [1.165, 1.54) is 0 Å². The van der Waals surface area contributed by atoms with E-state index in [1.807, 2.05) is 19.0 Å². The molecule has 1 N–H and O–H groups in total. The topological polar surface area (TPSA) is 76.8 Å². The number of guanidine groups is 1. The minimum absolute atomic E-state index is 0.619. The molecule has 0 aliphatic rings. The first-order chi connectivity index (χ1) is 11.2. The van der Waals surface area contributed by atoms with E-state index >= 15 is 0 Å². The first kappa shape index (κ1) is 19.4. The van der Waals surface area contributed by atoms with Gasteiger partial charge in [0.2, 0.25) is 0 Å². The Balaban J connectivity index is 2.13. The van der Waals surface area contributed by atoms with Gasteiger partial charge in [0, 0.05) is 34.3 Å². The molecule has 132 valence electrons. The highest BCUT2D eigenvalue weighted by atomic mass is 16.5. The monoisotopic (exact) mass is 326 g/mol. The van der Waals surface area contributed by atoms with Crippen LogP contribution in [-0.2, 0) is 23.1 Å². The molecule has 0 aliphatic carbocycles. The molecule has 0 fully saturated rings. The molecule has 0 saturated carbocycles. The maximum Gasteiger partial charge on any atom is 0.193 e. The van der Waals surface area contributed by atoms with Gasteiger partial charge in [0.1, 0.15) is 12.2 Å². The molecule has 8 heteroatoms. The van der Waals surface area contributed by atoms with E-state index in [9.17, 15) is 0 Å². The van der Waals surface area contributed by atoms with Gasteiger partial charge in [-0.3, -0.25) is 9.67 Å². The first-order valence-electron chi connectivity index (χ1n) is 8.09. The second-order valence-electron chi connectivity index (χ2n) is 5.21. The van der Waals surface area contributed by atoms with Gasteiger partial charge in [0.05, 0.1) is 26.4 Å². The molecule has 0 aliphatic heterocycles. The smallest absolute Gasteiger partial charge is 0.193 e. The summed E-state index contributed by atoms with van der Waals surface area (Å²) in [6.07, 6.45) is 3.82. The highest BCUT2D eigenvalue weighted by molar-refractivity contribution is 5.79. The van der Waals surface area contributed by atoms with E-state index in [0.29, 0.717) is 32.9 Å². The van der Waals surface area contributed by atoms with Crippen LogP contribution in [0.1, 0.15) is 25.6 Å². The molecule has 23 heavy (non-hydrogen) atoms. The molecule has 0 unspecified atom stereocenters. The quantitative estimate of drug-likeness (QED) is 0.366. The summed E-state index contributed by atoms with van der Waals surface area (Å²) in [5, 5.41) is 7.33. The highest BCUT2D eigenvalue weighted by Crippen LogP contribution is 1.97. The van der Waals surface area contributed by atoms with Crippen LogP contribution < -0.4 is 5.32 Å². The summed E-state index contributed by atoms with van der Waals surface area (Å²) in [5.41, 5.74) is 0. The SMILES string of the molecule is CCCCOCCOCCNC(=NC)N(C)Cc1ncnn1C. The molecule has 0 spiro atoms. The van der Waals surface area contributed by atoms with E-state index in [-0.39, 0.29) is 0 Å². The zero-order valence-corrected chi connectivity index (χ0v) is 14.8. The van der Waals surface area contributed by atoms with E-state index in [4.69, 9.17) is 9.47 Å². The average molecular weight is 326 g/mol. The summed E-state index contributed by atoms with van der Waals surface area (Å²) < 4.78 is 12.7. The molecule has 1 heterocycles. The van der Waals surface area contributed by atoms with Crippen molar-refractivity contribution in [3.63, 3.8) is 0 Å². The Morgan fingerprint density at radius 3 is 2.65 bits per heavy atom. The molecule has 1 aromatic heterocycles. The fourth-order valence-corrected chi connectivity index (χ4v) is 1.94. The van der Waals surface area contributed by atoms with Crippen LogP contribution in [0.15, 0.2) is 11.3 Å². The minimum atomic E-state index is 0.619. The zero-order chi connectivity index (χ0) is 16.9. The number of nitrogens with one attached hydrogen (secondary N) is 1. The second-order valence-corrected chi connectivity index (χ2v) is 5.21. The second kappa shape index (κ2) is 11.8. The van der Waals surface area contributed by atoms with Gasteiger partial charge in [-0.1, -0.05) is 13.3 Å². The van der Waals surface area contributed by atoms with Gasteiger partial charge in [0.15, 0.2) is 5.96 Å². The number of hydrogen-bond acceptors (Lipinski definition) is 5. The number of aryl methyl sites for hydroxylation is 1. The summed E-state index contributed by atoms with van der Waals surface area (Å²) in [7, 11) is 5.60. The maximum atomic E-state index is 5.53. The first-order valence-corrected chi connectivity index (χ1v) is 8.09. The predicted molar refractivity (Wildman–Crippen MR) is 90.4 cm³/mol. The molecule has 0 radical (unpaired) electrons. The molecule has 8 nitrogen and oxygen atoms in total. The van der Waals surface area contributed by atoms with E-state index in [2.05, 4.69) is 27.3 Å². The van der Waals surface area contributed by atoms with Crippen molar-refractivity contribution >= 4 is 5.96 Å². The number of hydrogen-bond donors (Lipinski definition) is 1. The van der Waals surface area contributed by atoms with Gasteiger partial charge in [-0.15, -0.1) is 0 Å². The van der Waals surface area contributed by atoms with Crippen molar-refractivity contribution in [1.29, 1.82) is 0 Å². The molecular weight excluding hydrogens is 296 g/mol. The Hall–Kier alpha value is -1.67. The van der Waals surface area contributed by atoms with Crippen LogP contribution in [0.3, 0.4) is 0 Å². The van der Waals surface area contributed by atoms with Crippen LogP contribution in [0.2, 0.25) is 0 Å². The van der Waals surface area contributed by atoms with Crippen molar-refractivity contribution in [3.05, 3.63) is 12.2 Å². The molecule has 0 saturated heterocycles. The number of nitrogens with zero attached hydrogens (tertiary/aromatic N) is 5. The minimum Gasteiger partial charge on any atom is -0.379 e. The standard InChI is InChI=1S/C15H30N6O2/c1-5-6-8-22-10-11-23-9-7-17-15(16-2)20(3)12-14-18-13-19-21(14)4/h13H,5-12H2,1-4H3,(H,16,17). The number of rotatable bonds is 11. The predicted octanol–water partition coefficient (Wildman–Crippen LogP) is 0.656. The van der Waals surface area contributed by atoms with Gasteiger partial charge in [-0.05, 0) is 6.42 Å². The molecule has 1 rings (SSSR count). The van der Waals surface area contributed by atoms with Crippen LogP contribution in [0, 0.1) is 0 Å². The Kier molecular flexibility index (Phi) is 9.97. The molecule has 1 aromatic rings. The summed E-state index contributed by atoms with van der Waals surface area (Å²) in [6, 6.07) is 0. The van der Waals surface area contributed by atoms with E-state index in [1.54, 1.807) is 18.1 Å². The number of ether oxygens (including phenoxy) is 2. The van der Waals surface area contributed by atoms with Crippen LogP contribution in [0.25, 0.3) is 0 Å². The fourth-order valence-electron chi connectivity index (χ4n) is 1.94. The van der Waals surface area contributed by atoms with Gasteiger partial charge in [-0.25, -0.2) is 4.98 Å². The summed E-state index contributed by atoms with van der Waals surface area (Å²) >= 11 is 0. The fraction of sp³-hybridized carbons (Fsp3) is 0.800. The molecule has 0 atom stereocenters. The molecule has 0 amide bonds. The Morgan fingerprint density at radius 2 is 2.04 bits per heavy atom. The van der Waals surface area contributed by atoms with Gasteiger partial charge < -0.3 is 19.7 Å². The molecule has 0 aromatic carbocycles. The Labute approximate surface area is 138 Å². The maximum absolute atomic E-state index is 5.53. The van der Waals surface area contributed by atoms with Crippen molar-refractivity contribution < 1.29 is 9.47 Å². The lowest BCUT2D eigenvalue weighted by Gasteiger charge is -2.21. The molecular formula is C15H30N6O2. The highest BCUT2D eigenvalue weighted by Gasteiger charge is 2.09. The van der Waals surface area contributed by atoms with Crippen LogP contribution in [0.5, 0.6) is 0 Å². The third kappa shape index (κ3) is 7.94. The van der Waals surface area contributed by atoms with Crippen molar-refractivity contribution in [3.8, 4) is 0 Å². The van der Waals surface area contributed by atoms with E-state index < -0.39 is 0 Å². The lowest BCUT2D eigenvalue weighted by atomic mass is 10.4. The number of unbranched alkanes of at least 4 members (excludes halogenated alkanes) is 1. The number of aliphatic imine (C=N–C) groups is 1. The van der Waals surface area contributed by atoms with Crippen LogP contribution in [0.4, 0.5) is 0 Å². The summed E-state index contributed by atoms with van der Waals surface area (Å²) in [4.78, 5) is 10.5. The third-order valence-electron chi connectivity index (χ3n) is 3.30. The normalized spacial score (nSPS) is 11.7. The van der Waals surface area contributed by atoms with Crippen molar-refractivity contribution in [2.45, 2.75) is 26.3 Å². The van der Waals surface area contributed by atoms with Crippen molar-refractivity contribution in [2.24, 2.45) is 12.0 Å². The summed E-state index contributed by atoms with van der Waals surface area (Å²) in [6.45, 7) is 6.21. The average Bonchev–Trinajstić information content (AvgIpc) is 2.94. The molecule has 0 bridgehead atoms. The largest absolute Gasteiger partial charge is 0.379 e. The van der Waals surface area contributed by atoms with Gasteiger partial charge in [0.25, 0.3) is 0 Å². The van der Waals surface area contributed by atoms with E-state index in [0.717, 1.165) is 31.2 Å².